The molecule has 3 amide bonds. The van der Waals surface area contributed by atoms with Crippen LogP contribution in [-0.4, -0.2) is 30.6 Å². The number of esters is 1. The Labute approximate surface area is 158 Å². The number of benzene rings is 2. The molecule has 1 aliphatic carbocycles. The lowest BCUT2D eigenvalue weighted by atomic mass is 9.86. The minimum atomic E-state index is -0.648. The third kappa shape index (κ3) is 5.06. The molecule has 0 heterocycles. The first-order valence-corrected chi connectivity index (χ1v) is 9.29. The number of imide groups is 1. The van der Waals surface area contributed by atoms with Crippen LogP contribution in [0.4, 0.5) is 4.79 Å². The maximum atomic E-state index is 12.1. The molecular formula is C21H24N2O4. The number of fused-ring (bicyclic) bond motifs is 1. The second kappa shape index (κ2) is 8.66. The van der Waals surface area contributed by atoms with Gasteiger partial charge in [-0.1, -0.05) is 50.1 Å². The molecule has 0 spiro atoms. The predicted octanol–water partition coefficient (Wildman–Crippen LogP) is 3.40. The Balaban J connectivity index is 1.47. The van der Waals surface area contributed by atoms with E-state index < -0.39 is 24.5 Å². The first-order chi connectivity index (χ1) is 13.0. The van der Waals surface area contributed by atoms with E-state index in [0.29, 0.717) is 11.5 Å². The normalized spacial score (nSPS) is 19.3. The molecule has 6 nitrogen and oxygen atoms in total. The number of urea groups is 1. The topological polar surface area (TPSA) is 84.5 Å². The highest BCUT2D eigenvalue weighted by Gasteiger charge is 2.23. The van der Waals surface area contributed by atoms with Crippen LogP contribution >= 0.6 is 0 Å². The quantitative estimate of drug-likeness (QED) is 0.810. The molecule has 2 atom stereocenters. The Morgan fingerprint density at radius 3 is 2.56 bits per heavy atom. The van der Waals surface area contributed by atoms with Gasteiger partial charge in [0.05, 0.1) is 5.56 Å². The molecule has 1 saturated carbocycles. The summed E-state index contributed by atoms with van der Waals surface area (Å²) in [5, 5.41) is 6.97. The molecule has 0 saturated heterocycles. The average molecular weight is 368 g/mol. The van der Waals surface area contributed by atoms with Crippen LogP contribution in [0.15, 0.2) is 42.5 Å². The van der Waals surface area contributed by atoms with Crippen LogP contribution in [0.5, 0.6) is 0 Å². The van der Waals surface area contributed by atoms with E-state index in [4.69, 9.17) is 4.74 Å². The number of ether oxygens (including phenoxy) is 1. The van der Waals surface area contributed by atoms with E-state index in [1.54, 1.807) is 12.1 Å². The van der Waals surface area contributed by atoms with Gasteiger partial charge in [0.1, 0.15) is 0 Å². The lowest BCUT2D eigenvalue weighted by Gasteiger charge is -2.29. The molecule has 1 fully saturated rings. The number of nitrogens with one attached hydrogen (secondary N) is 2. The van der Waals surface area contributed by atoms with Crippen molar-refractivity contribution >= 4 is 28.7 Å². The SMILES string of the molecule is C[C@@H]1CCCC[C@H]1NC(=O)NC(=O)COC(=O)c1ccc2ccccc2c1. The fraction of sp³-hybridized carbons (Fsp3) is 0.381. The Bertz CT molecular complexity index is 849. The molecule has 2 aromatic rings. The summed E-state index contributed by atoms with van der Waals surface area (Å²) in [4.78, 5) is 36.0. The molecule has 0 radical (unpaired) electrons. The molecule has 142 valence electrons. The summed E-state index contributed by atoms with van der Waals surface area (Å²) >= 11 is 0. The lowest BCUT2D eigenvalue weighted by molar-refractivity contribution is -0.123. The third-order valence-electron chi connectivity index (χ3n) is 5.00. The van der Waals surface area contributed by atoms with E-state index in [2.05, 4.69) is 17.6 Å². The van der Waals surface area contributed by atoms with Gasteiger partial charge in [0.25, 0.3) is 5.91 Å². The summed E-state index contributed by atoms with van der Waals surface area (Å²) in [7, 11) is 0. The van der Waals surface area contributed by atoms with Gasteiger partial charge >= 0.3 is 12.0 Å². The van der Waals surface area contributed by atoms with Crippen LogP contribution in [0.2, 0.25) is 0 Å². The molecule has 3 rings (SSSR count). The summed E-state index contributed by atoms with van der Waals surface area (Å²) in [5.74, 6) is -0.854. The number of carbonyl (C=O) groups is 3. The number of hydrogen-bond acceptors (Lipinski definition) is 4. The monoisotopic (exact) mass is 368 g/mol. The molecule has 2 aromatic carbocycles. The molecule has 0 unspecified atom stereocenters. The average Bonchev–Trinajstić information content (AvgIpc) is 2.67. The van der Waals surface area contributed by atoms with E-state index in [1.807, 2.05) is 30.3 Å². The van der Waals surface area contributed by atoms with Crippen molar-refractivity contribution in [2.75, 3.05) is 6.61 Å². The number of hydrogen-bond donors (Lipinski definition) is 2. The highest BCUT2D eigenvalue weighted by molar-refractivity contribution is 5.98. The Morgan fingerprint density at radius 1 is 1.04 bits per heavy atom. The second-order valence-electron chi connectivity index (χ2n) is 7.03. The molecule has 27 heavy (non-hydrogen) atoms. The summed E-state index contributed by atoms with van der Waals surface area (Å²) in [5.41, 5.74) is 0.363. The van der Waals surface area contributed by atoms with Crippen molar-refractivity contribution in [1.82, 2.24) is 10.6 Å². The smallest absolute Gasteiger partial charge is 0.338 e. The van der Waals surface area contributed by atoms with Gasteiger partial charge in [0, 0.05) is 6.04 Å². The van der Waals surface area contributed by atoms with Gasteiger partial charge in [-0.2, -0.15) is 0 Å². The fourth-order valence-electron chi connectivity index (χ4n) is 3.43. The number of amides is 3. The van der Waals surface area contributed by atoms with Crippen LogP contribution in [0.3, 0.4) is 0 Å². The van der Waals surface area contributed by atoms with Gasteiger partial charge in [-0.15, -0.1) is 0 Å². The third-order valence-corrected chi connectivity index (χ3v) is 5.00. The van der Waals surface area contributed by atoms with Crippen LogP contribution in [0.1, 0.15) is 43.0 Å². The zero-order chi connectivity index (χ0) is 19.2. The minimum absolute atomic E-state index is 0.0756. The zero-order valence-electron chi connectivity index (χ0n) is 15.4. The minimum Gasteiger partial charge on any atom is -0.452 e. The van der Waals surface area contributed by atoms with Crippen molar-refractivity contribution in [1.29, 1.82) is 0 Å². The van der Waals surface area contributed by atoms with Crippen molar-refractivity contribution in [3.63, 3.8) is 0 Å². The Kier molecular flexibility index (Phi) is 6.06. The zero-order valence-corrected chi connectivity index (χ0v) is 15.4. The van der Waals surface area contributed by atoms with Gasteiger partial charge in [0.2, 0.25) is 0 Å². The van der Waals surface area contributed by atoms with E-state index in [-0.39, 0.29) is 6.04 Å². The molecule has 2 N–H and O–H groups in total. The van der Waals surface area contributed by atoms with Crippen LogP contribution in [-0.2, 0) is 9.53 Å². The van der Waals surface area contributed by atoms with E-state index >= 15 is 0 Å². The second-order valence-corrected chi connectivity index (χ2v) is 7.03. The predicted molar refractivity (Wildman–Crippen MR) is 102 cm³/mol. The summed E-state index contributed by atoms with van der Waals surface area (Å²) in [6.45, 7) is 1.59. The van der Waals surface area contributed by atoms with Gasteiger partial charge in [0.15, 0.2) is 6.61 Å². The number of rotatable bonds is 4. The fourth-order valence-corrected chi connectivity index (χ4v) is 3.43. The molecule has 0 aliphatic heterocycles. The Morgan fingerprint density at radius 2 is 1.78 bits per heavy atom. The molecule has 1 aliphatic rings. The van der Waals surface area contributed by atoms with Crippen molar-refractivity contribution in [2.45, 2.75) is 38.6 Å². The maximum absolute atomic E-state index is 12.1. The summed E-state index contributed by atoms with van der Waals surface area (Å²) < 4.78 is 5.02. The summed E-state index contributed by atoms with van der Waals surface area (Å²) in [6.07, 6.45) is 4.24. The van der Waals surface area contributed by atoms with Crippen molar-refractivity contribution < 1.29 is 19.1 Å². The highest BCUT2D eigenvalue weighted by Crippen LogP contribution is 2.23. The largest absolute Gasteiger partial charge is 0.452 e. The molecule has 0 bridgehead atoms. The van der Waals surface area contributed by atoms with Crippen LogP contribution in [0.25, 0.3) is 10.8 Å². The summed E-state index contributed by atoms with van der Waals surface area (Å²) in [6, 6.07) is 12.4. The van der Waals surface area contributed by atoms with E-state index in [9.17, 15) is 14.4 Å². The Hall–Kier alpha value is -2.89. The lowest BCUT2D eigenvalue weighted by Crippen LogP contribution is -2.48. The molecule has 6 heteroatoms. The first-order valence-electron chi connectivity index (χ1n) is 9.29. The highest BCUT2D eigenvalue weighted by atomic mass is 16.5. The van der Waals surface area contributed by atoms with Crippen LogP contribution < -0.4 is 10.6 Å². The molecule has 0 aromatic heterocycles. The first kappa shape index (κ1) is 18.9. The van der Waals surface area contributed by atoms with Crippen molar-refractivity contribution in [2.24, 2.45) is 5.92 Å². The van der Waals surface area contributed by atoms with E-state index in [0.717, 1.165) is 30.0 Å². The van der Waals surface area contributed by atoms with Crippen molar-refractivity contribution in [3.8, 4) is 0 Å². The molecular weight excluding hydrogens is 344 g/mol. The van der Waals surface area contributed by atoms with Gasteiger partial charge in [-0.3, -0.25) is 10.1 Å². The van der Waals surface area contributed by atoms with Gasteiger partial charge in [-0.05, 0) is 41.7 Å². The number of carbonyl (C=O) groups excluding carboxylic acids is 3. The standard InChI is InChI=1S/C21H24N2O4/c1-14-6-2-5-9-18(14)22-21(26)23-19(24)13-27-20(25)17-11-10-15-7-3-4-8-16(15)12-17/h3-4,7-8,10-12,14,18H,2,5-6,9,13H2,1H3,(H2,22,23,24,26)/t14-,18-/m1/s1. The maximum Gasteiger partial charge on any atom is 0.338 e. The van der Waals surface area contributed by atoms with Gasteiger partial charge in [-0.25, -0.2) is 9.59 Å². The van der Waals surface area contributed by atoms with E-state index in [1.165, 1.54) is 6.42 Å². The van der Waals surface area contributed by atoms with Crippen molar-refractivity contribution in [3.05, 3.63) is 48.0 Å². The van der Waals surface area contributed by atoms with Gasteiger partial charge < -0.3 is 10.1 Å². The van der Waals surface area contributed by atoms with Crippen LogP contribution in [0, 0.1) is 5.92 Å².